The van der Waals surface area contributed by atoms with Crippen molar-refractivity contribution in [3.05, 3.63) is 12.2 Å². The number of nitrogens with zero attached hydrogens (tertiary/aromatic N) is 1. The van der Waals surface area contributed by atoms with Crippen LogP contribution in [0, 0.1) is 0 Å². The van der Waals surface area contributed by atoms with Gasteiger partial charge in [-0.2, -0.15) is 0 Å². The average Bonchev–Trinajstić information content (AvgIpc) is 2.49. The monoisotopic (exact) mass is 352 g/mol. The Morgan fingerprint density at radius 3 is 2.08 bits per heavy atom. The fourth-order valence-corrected chi connectivity index (χ4v) is 2.67. The molecule has 0 amide bonds. The largest absolute Gasteiger partial charge is 1.00 e. The molecule has 0 aliphatic heterocycles. The predicted octanol–water partition coefficient (Wildman–Crippen LogP) is -1.71. The molecular weight excluding hydrogens is 321 g/mol. The van der Waals surface area contributed by atoms with Gasteiger partial charge in [0.25, 0.3) is 0 Å². The number of allylic oxidation sites excluding steroid dienone is 2. The summed E-state index contributed by atoms with van der Waals surface area (Å²) in [5.41, 5.74) is 0. The van der Waals surface area contributed by atoms with Crippen LogP contribution in [-0.2, 0) is 9.59 Å². The summed E-state index contributed by atoms with van der Waals surface area (Å²) in [7, 11) is 0. The minimum absolute atomic E-state index is 0. The Morgan fingerprint density at radius 2 is 1.58 bits per heavy atom. The summed E-state index contributed by atoms with van der Waals surface area (Å²) >= 11 is 0. The van der Waals surface area contributed by atoms with Gasteiger partial charge in [0.15, 0.2) is 6.73 Å². The second-order valence-electron chi connectivity index (χ2n) is 6.00. The van der Waals surface area contributed by atoms with Crippen molar-refractivity contribution in [2.45, 2.75) is 58.3 Å². The number of carbonyl (C=O) groups is 2. The number of hydrogen-bond donors (Lipinski definition) is 2. The number of carbonyl (C=O) groups excluding carboxylic acids is 1. The van der Waals surface area contributed by atoms with Crippen LogP contribution in [0.25, 0.3) is 0 Å². The Bertz CT molecular complexity index is 354. The molecule has 0 heterocycles. The molecular formula is C17H31NNaO5+. The number of aliphatic carboxylic acids is 2. The molecule has 1 unspecified atom stereocenters. The fourth-order valence-electron chi connectivity index (χ4n) is 2.67. The van der Waals surface area contributed by atoms with Crippen molar-refractivity contribution < 1.29 is 58.9 Å². The third-order valence-electron chi connectivity index (χ3n) is 3.99. The van der Waals surface area contributed by atoms with Crippen molar-refractivity contribution in [2.75, 3.05) is 26.4 Å². The molecule has 0 aromatic heterocycles. The van der Waals surface area contributed by atoms with E-state index in [1.807, 2.05) is 0 Å². The molecule has 0 aromatic rings. The van der Waals surface area contributed by atoms with E-state index in [0.29, 0.717) is 30.4 Å². The molecule has 0 bridgehead atoms. The van der Waals surface area contributed by atoms with E-state index in [9.17, 15) is 19.8 Å². The molecule has 7 heteroatoms. The van der Waals surface area contributed by atoms with Crippen LogP contribution in [0.5, 0.6) is 0 Å². The van der Waals surface area contributed by atoms with E-state index in [1.54, 1.807) is 0 Å². The first kappa shape index (κ1) is 25.8. The third-order valence-corrected chi connectivity index (χ3v) is 3.99. The van der Waals surface area contributed by atoms with Gasteiger partial charge in [0.2, 0.25) is 0 Å². The topological polar surface area (TPSA) is 97.7 Å². The summed E-state index contributed by atoms with van der Waals surface area (Å²) in [5.74, 6) is -1.93. The smallest absolute Gasteiger partial charge is 0.550 e. The molecule has 0 aromatic carbocycles. The normalized spacial score (nSPS) is 13.4. The molecule has 0 aliphatic carbocycles. The average molecular weight is 352 g/mol. The maximum absolute atomic E-state index is 10.7. The molecule has 1 atom stereocenters. The number of rotatable bonds is 15. The number of carboxylic acids is 2. The Morgan fingerprint density at radius 1 is 1.00 bits per heavy atom. The molecule has 0 rings (SSSR count). The zero-order valence-electron chi connectivity index (χ0n) is 15.2. The number of unbranched alkanes of at least 4 members (excludes halogenated alkanes) is 2. The van der Waals surface area contributed by atoms with E-state index in [-0.39, 0.29) is 49.1 Å². The number of aliphatic hydroxyl groups excluding tert-OH is 1. The summed E-state index contributed by atoms with van der Waals surface area (Å²) in [6.07, 6.45) is 9.18. The predicted molar refractivity (Wildman–Crippen MR) is 86.3 cm³/mol. The van der Waals surface area contributed by atoms with Gasteiger partial charge in [0.05, 0.1) is 26.1 Å². The van der Waals surface area contributed by atoms with E-state index in [4.69, 9.17) is 5.11 Å². The van der Waals surface area contributed by atoms with Gasteiger partial charge in [-0.05, 0) is 32.1 Å². The summed E-state index contributed by atoms with van der Waals surface area (Å²) in [6.45, 7) is 3.83. The molecule has 0 aliphatic rings. The van der Waals surface area contributed by atoms with Crippen LogP contribution >= 0.6 is 0 Å². The van der Waals surface area contributed by atoms with E-state index < -0.39 is 11.9 Å². The zero-order chi connectivity index (χ0) is 17.6. The SMILES string of the molecule is CC/C=C/CCCC[N+](CO)(CCCC(=O)[O-])CCCC(=O)O.[Na+]. The third kappa shape index (κ3) is 14.0. The standard InChI is InChI=1S/C17H31NO5.Na/c1-2-3-4-5-6-7-12-18(15-19,13-8-10-16(20)21)14-9-11-17(22)23;/h3-4,19H,2,5-15H2,1H3,(H-,20,21,22,23);/q;+1/b4-3+;. The summed E-state index contributed by atoms with van der Waals surface area (Å²) in [5, 5.41) is 29.1. The van der Waals surface area contributed by atoms with Gasteiger partial charge < -0.3 is 24.6 Å². The van der Waals surface area contributed by atoms with Gasteiger partial charge in [0.1, 0.15) is 0 Å². The van der Waals surface area contributed by atoms with Gasteiger partial charge in [-0.25, -0.2) is 0 Å². The van der Waals surface area contributed by atoms with Crippen LogP contribution in [0.4, 0.5) is 0 Å². The molecule has 0 fully saturated rings. The minimum atomic E-state index is -1.09. The van der Waals surface area contributed by atoms with E-state index in [1.165, 1.54) is 0 Å². The molecule has 24 heavy (non-hydrogen) atoms. The van der Waals surface area contributed by atoms with Crippen LogP contribution in [0.1, 0.15) is 58.3 Å². The van der Waals surface area contributed by atoms with Crippen LogP contribution in [0.15, 0.2) is 12.2 Å². The van der Waals surface area contributed by atoms with Gasteiger partial charge in [-0.1, -0.05) is 19.1 Å². The molecule has 2 N–H and O–H groups in total. The Kier molecular flexibility index (Phi) is 17.3. The molecule has 6 nitrogen and oxygen atoms in total. The maximum atomic E-state index is 10.7. The number of hydrogen-bond acceptors (Lipinski definition) is 4. The van der Waals surface area contributed by atoms with Gasteiger partial charge in [0, 0.05) is 18.8 Å². The number of aliphatic hydroxyl groups is 1. The minimum Gasteiger partial charge on any atom is -0.550 e. The van der Waals surface area contributed by atoms with Crippen molar-refractivity contribution in [1.82, 2.24) is 0 Å². The van der Waals surface area contributed by atoms with E-state index in [0.717, 1.165) is 32.2 Å². The van der Waals surface area contributed by atoms with Crippen LogP contribution < -0.4 is 34.7 Å². The van der Waals surface area contributed by atoms with Crippen LogP contribution in [-0.4, -0.2) is 53.0 Å². The van der Waals surface area contributed by atoms with Gasteiger partial charge >= 0.3 is 35.5 Å². The quantitative estimate of drug-likeness (QED) is 0.120. The molecule has 0 saturated heterocycles. The Balaban J connectivity index is 0. The molecule has 134 valence electrons. The zero-order valence-corrected chi connectivity index (χ0v) is 17.2. The fraction of sp³-hybridized carbons (Fsp3) is 0.765. The van der Waals surface area contributed by atoms with E-state index >= 15 is 0 Å². The summed E-state index contributed by atoms with van der Waals surface area (Å²) in [4.78, 5) is 21.2. The number of carboxylic acid groups (broad SMARTS) is 2. The van der Waals surface area contributed by atoms with Crippen LogP contribution in [0.2, 0.25) is 0 Å². The second-order valence-corrected chi connectivity index (χ2v) is 6.00. The molecule has 0 spiro atoms. The van der Waals surface area contributed by atoms with Gasteiger partial charge in [-0.15, -0.1) is 0 Å². The van der Waals surface area contributed by atoms with Crippen molar-refractivity contribution in [2.24, 2.45) is 0 Å². The number of quaternary nitrogens is 1. The van der Waals surface area contributed by atoms with Crippen molar-refractivity contribution in [3.8, 4) is 0 Å². The molecule has 0 radical (unpaired) electrons. The van der Waals surface area contributed by atoms with E-state index in [2.05, 4.69) is 19.1 Å². The van der Waals surface area contributed by atoms with Gasteiger partial charge in [-0.3, -0.25) is 4.79 Å². The summed E-state index contributed by atoms with van der Waals surface area (Å²) < 4.78 is 0.373. The van der Waals surface area contributed by atoms with Crippen molar-refractivity contribution >= 4 is 11.9 Å². The Labute approximate surface area is 167 Å². The summed E-state index contributed by atoms with van der Waals surface area (Å²) in [6, 6.07) is 0. The second kappa shape index (κ2) is 16.1. The van der Waals surface area contributed by atoms with Crippen molar-refractivity contribution in [3.63, 3.8) is 0 Å². The first-order valence-corrected chi connectivity index (χ1v) is 8.48. The van der Waals surface area contributed by atoms with Crippen molar-refractivity contribution in [1.29, 1.82) is 0 Å². The van der Waals surface area contributed by atoms with Crippen LogP contribution in [0.3, 0.4) is 0 Å². The first-order chi connectivity index (χ1) is 11.0. The maximum Gasteiger partial charge on any atom is 1.00 e. The first-order valence-electron chi connectivity index (χ1n) is 8.48. The Hall–Kier alpha value is -0.400. The molecule has 0 saturated carbocycles.